The first-order chi connectivity index (χ1) is 8.58. The monoisotopic (exact) mass is 271 g/mol. The Bertz CT molecular complexity index is 581. The minimum absolute atomic E-state index is 0.197. The summed E-state index contributed by atoms with van der Waals surface area (Å²) in [5.41, 5.74) is 0.601. The van der Waals surface area contributed by atoms with E-state index in [-0.39, 0.29) is 11.4 Å². The molecule has 1 aromatic carbocycles. The number of rotatable bonds is 3. The summed E-state index contributed by atoms with van der Waals surface area (Å²) < 4.78 is 28.7. The summed E-state index contributed by atoms with van der Waals surface area (Å²) in [6.45, 7) is 4.03. The van der Waals surface area contributed by atoms with Crippen LogP contribution in [-0.4, -0.2) is 14.8 Å². The summed E-state index contributed by atoms with van der Waals surface area (Å²) in [6, 6.07) is 2.29. The van der Waals surface area contributed by atoms with Crippen LogP contribution in [0.4, 0.5) is 8.78 Å². The van der Waals surface area contributed by atoms with Crippen LogP contribution in [0.2, 0.25) is 0 Å². The van der Waals surface area contributed by atoms with Gasteiger partial charge in [-0.1, -0.05) is 0 Å². The lowest BCUT2D eigenvalue weighted by molar-refractivity contribution is 0.577. The third kappa shape index (κ3) is 2.10. The van der Waals surface area contributed by atoms with Gasteiger partial charge in [0.2, 0.25) is 0 Å². The van der Waals surface area contributed by atoms with Crippen LogP contribution in [0.5, 0.6) is 0 Å². The highest BCUT2D eigenvalue weighted by molar-refractivity contribution is 6.16. The van der Waals surface area contributed by atoms with E-state index >= 15 is 0 Å². The molecule has 18 heavy (non-hydrogen) atoms. The van der Waals surface area contributed by atoms with Crippen molar-refractivity contribution in [2.24, 2.45) is 0 Å². The van der Waals surface area contributed by atoms with Crippen molar-refractivity contribution in [3.05, 3.63) is 35.2 Å². The fourth-order valence-electron chi connectivity index (χ4n) is 1.79. The maximum atomic E-state index is 13.8. The minimum Gasteiger partial charge on any atom is -0.310 e. The van der Waals surface area contributed by atoms with E-state index in [1.807, 2.05) is 6.92 Å². The number of hydrogen-bond donors (Lipinski definition) is 0. The molecular weight excluding hydrogens is 260 g/mol. The Morgan fingerprint density at radius 2 is 1.94 bits per heavy atom. The van der Waals surface area contributed by atoms with Gasteiger partial charge in [-0.25, -0.2) is 8.78 Å². The minimum atomic E-state index is -0.652. The second-order valence-electron chi connectivity index (χ2n) is 3.90. The summed E-state index contributed by atoms with van der Waals surface area (Å²) in [5.74, 6) is -0.0928. The van der Waals surface area contributed by atoms with Crippen molar-refractivity contribution in [2.75, 3.05) is 0 Å². The van der Waals surface area contributed by atoms with Crippen molar-refractivity contribution in [2.45, 2.75) is 26.3 Å². The van der Waals surface area contributed by atoms with Gasteiger partial charge < -0.3 is 4.57 Å². The van der Waals surface area contributed by atoms with Gasteiger partial charge in [0.25, 0.3) is 0 Å². The van der Waals surface area contributed by atoms with Gasteiger partial charge in [-0.15, -0.1) is 21.8 Å². The van der Waals surface area contributed by atoms with Crippen molar-refractivity contribution in [1.82, 2.24) is 14.8 Å². The second kappa shape index (κ2) is 5.02. The van der Waals surface area contributed by atoms with E-state index in [0.29, 0.717) is 23.8 Å². The van der Waals surface area contributed by atoms with Crippen LogP contribution in [0.3, 0.4) is 0 Å². The molecular formula is C12H12ClF2N3. The normalized spacial score (nSPS) is 10.9. The summed E-state index contributed by atoms with van der Waals surface area (Å²) >= 11 is 5.73. The topological polar surface area (TPSA) is 30.7 Å². The number of benzene rings is 1. The summed E-state index contributed by atoms with van der Waals surface area (Å²) in [5, 5.41) is 7.82. The molecule has 0 aliphatic rings. The fraction of sp³-hybridized carbons (Fsp3) is 0.333. The van der Waals surface area contributed by atoms with Gasteiger partial charge in [-0.2, -0.15) is 0 Å². The Balaban J connectivity index is 2.62. The van der Waals surface area contributed by atoms with Crippen LogP contribution in [0, 0.1) is 18.6 Å². The third-order valence-electron chi connectivity index (χ3n) is 2.75. The average molecular weight is 272 g/mol. The predicted octanol–water partition coefficient (Wildman–Crippen LogP) is 3.29. The van der Waals surface area contributed by atoms with Gasteiger partial charge in [0.15, 0.2) is 5.82 Å². The van der Waals surface area contributed by atoms with Crippen molar-refractivity contribution in [1.29, 1.82) is 0 Å². The number of halogens is 3. The highest BCUT2D eigenvalue weighted by Crippen LogP contribution is 2.25. The molecule has 0 N–H and O–H groups in total. The molecule has 0 saturated carbocycles. The van der Waals surface area contributed by atoms with E-state index < -0.39 is 11.6 Å². The predicted molar refractivity (Wildman–Crippen MR) is 65.3 cm³/mol. The molecule has 3 nitrogen and oxygen atoms in total. The van der Waals surface area contributed by atoms with E-state index in [2.05, 4.69) is 10.2 Å². The number of aryl methyl sites for hydroxylation is 1. The van der Waals surface area contributed by atoms with Crippen molar-refractivity contribution in [3.8, 4) is 11.4 Å². The molecule has 0 bridgehead atoms. The molecule has 1 aromatic heterocycles. The van der Waals surface area contributed by atoms with E-state index in [9.17, 15) is 8.78 Å². The van der Waals surface area contributed by atoms with Gasteiger partial charge in [0, 0.05) is 12.6 Å². The highest BCUT2D eigenvalue weighted by atomic mass is 35.5. The highest BCUT2D eigenvalue weighted by Gasteiger charge is 2.17. The van der Waals surface area contributed by atoms with Crippen LogP contribution in [0.1, 0.15) is 18.3 Å². The Kier molecular flexibility index (Phi) is 3.61. The van der Waals surface area contributed by atoms with Crippen LogP contribution >= 0.6 is 11.6 Å². The number of hydrogen-bond acceptors (Lipinski definition) is 2. The molecule has 2 rings (SSSR count). The zero-order valence-corrected chi connectivity index (χ0v) is 10.8. The Hall–Kier alpha value is -1.49. The van der Waals surface area contributed by atoms with Crippen LogP contribution in [0.25, 0.3) is 11.4 Å². The summed E-state index contributed by atoms with van der Waals surface area (Å²) in [7, 11) is 0. The zero-order valence-electron chi connectivity index (χ0n) is 10.0. The van der Waals surface area contributed by atoms with Crippen molar-refractivity contribution in [3.63, 3.8) is 0 Å². The van der Waals surface area contributed by atoms with Gasteiger partial charge in [0.1, 0.15) is 17.5 Å². The molecule has 0 amide bonds. The lowest BCUT2D eigenvalue weighted by Crippen LogP contribution is -2.03. The molecule has 0 aliphatic heterocycles. The van der Waals surface area contributed by atoms with Crippen molar-refractivity contribution < 1.29 is 8.78 Å². The van der Waals surface area contributed by atoms with E-state index in [4.69, 9.17) is 11.6 Å². The number of nitrogens with zero attached hydrogens (tertiary/aromatic N) is 3. The standard InChI is InChI=1S/C12H12ClF2N3/c1-3-18-11(6-13)16-17-12(18)8-4-7(2)9(14)5-10(8)15/h4-5H,3,6H2,1-2H3. The average Bonchev–Trinajstić information content (AvgIpc) is 2.76. The quantitative estimate of drug-likeness (QED) is 0.802. The van der Waals surface area contributed by atoms with E-state index in [1.54, 1.807) is 11.5 Å². The molecule has 2 aromatic rings. The van der Waals surface area contributed by atoms with Gasteiger partial charge >= 0.3 is 0 Å². The summed E-state index contributed by atoms with van der Waals surface area (Å²) in [6.07, 6.45) is 0. The van der Waals surface area contributed by atoms with Gasteiger partial charge in [-0.05, 0) is 25.5 Å². The van der Waals surface area contributed by atoms with Crippen LogP contribution in [0.15, 0.2) is 12.1 Å². The van der Waals surface area contributed by atoms with Crippen molar-refractivity contribution >= 4 is 11.6 Å². The molecule has 6 heteroatoms. The fourth-order valence-corrected chi connectivity index (χ4v) is 1.99. The lowest BCUT2D eigenvalue weighted by atomic mass is 10.1. The van der Waals surface area contributed by atoms with E-state index in [0.717, 1.165) is 6.07 Å². The molecule has 0 aliphatic carbocycles. The largest absolute Gasteiger partial charge is 0.310 e. The lowest BCUT2D eigenvalue weighted by Gasteiger charge is -2.08. The van der Waals surface area contributed by atoms with Gasteiger partial charge in [0.05, 0.1) is 11.4 Å². The molecule has 0 unspecified atom stereocenters. The Morgan fingerprint density at radius 1 is 1.22 bits per heavy atom. The molecule has 0 fully saturated rings. The van der Waals surface area contributed by atoms with Crippen LogP contribution in [-0.2, 0) is 12.4 Å². The molecule has 96 valence electrons. The summed E-state index contributed by atoms with van der Waals surface area (Å²) in [4.78, 5) is 0. The zero-order chi connectivity index (χ0) is 13.3. The molecule has 1 heterocycles. The molecule has 0 spiro atoms. The number of aromatic nitrogens is 3. The first-order valence-corrected chi connectivity index (χ1v) is 6.06. The van der Waals surface area contributed by atoms with E-state index in [1.165, 1.54) is 6.07 Å². The first kappa shape index (κ1) is 13.0. The number of alkyl halides is 1. The SMILES string of the molecule is CCn1c(CCl)nnc1-c1cc(C)c(F)cc1F. The maximum Gasteiger partial charge on any atom is 0.166 e. The van der Waals surface area contributed by atoms with Gasteiger partial charge in [-0.3, -0.25) is 0 Å². The Morgan fingerprint density at radius 3 is 2.56 bits per heavy atom. The second-order valence-corrected chi connectivity index (χ2v) is 4.17. The molecule has 0 atom stereocenters. The molecule has 0 saturated heterocycles. The Labute approximate surface area is 108 Å². The molecule has 0 radical (unpaired) electrons. The smallest absolute Gasteiger partial charge is 0.166 e. The third-order valence-corrected chi connectivity index (χ3v) is 2.99. The maximum absolute atomic E-state index is 13.8. The first-order valence-electron chi connectivity index (χ1n) is 5.52. The van der Waals surface area contributed by atoms with Crippen LogP contribution < -0.4 is 0 Å².